The number of hydrogen-bond donors (Lipinski definition) is 1. The van der Waals surface area contributed by atoms with Gasteiger partial charge in [0.05, 0.1) is 24.7 Å². The van der Waals surface area contributed by atoms with Gasteiger partial charge in [-0.2, -0.15) is 0 Å². The number of thiocarbonyl (C=S) groups is 1. The van der Waals surface area contributed by atoms with Crippen LogP contribution in [0.3, 0.4) is 0 Å². The van der Waals surface area contributed by atoms with Gasteiger partial charge in [0, 0.05) is 18.8 Å². The Kier molecular flexibility index (Phi) is 7.18. The zero-order valence-electron chi connectivity index (χ0n) is 14.6. The molecule has 0 bridgehead atoms. The van der Waals surface area contributed by atoms with Crippen LogP contribution in [-0.2, 0) is 14.3 Å². The topological polar surface area (TPSA) is 67.9 Å². The second-order valence-corrected chi connectivity index (χ2v) is 6.13. The number of carbonyl (C=O) groups excluding carboxylic acids is 2. The van der Waals surface area contributed by atoms with Gasteiger partial charge < -0.3 is 19.7 Å². The van der Waals surface area contributed by atoms with E-state index in [1.165, 1.54) is 0 Å². The molecule has 1 aromatic rings. The molecule has 1 heterocycles. The Labute approximate surface area is 153 Å². The van der Waals surface area contributed by atoms with Gasteiger partial charge in [-0.15, -0.1) is 0 Å². The molecule has 25 heavy (non-hydrogen) atoms. The van der Waals surface area contributed by atoms with Crippen LogP contribution in [0.15, 0.2) is 24.3 Å². The van der Waals surface area contributed by atoms with Crippen LogP contribution < -0.4 is 5.32 Å². The summed E-state index contributed by atoms with van der Waals surface area (Å²) in [7, 11) is 0. The summed E-state index contributed by atoms with van der Waals surface area (Å²) in [6, 6.07) is 7.00. The van der Waals surface area contributed by atoms with Crippen molar-refractivity contribution < 1.29 is 19.1 Å². The summed E-state index contributed by atoms with van der Waals surface area (Å²) in [4.78, 5) is 25.5. The first-order valence-electron chi connectivity index (χ1n) is 8.54. The molecule has 1 aromatic carbocycles. The quantitative estimate of drug-likeness (QED) is 0.636. The zero-order chi connectivity index (χ0) is 18.2. The largest absolute Gasteiger partial charge is 0.466 e. The SMILES string of the molecule is CCOC(=O)c1ccc(NC(=S)N2CCC(C(=O)OCC)CC2)cc1. The fourth-order valence-corrected chi connectivity index (χ4v) is 2.99. The number of ether oxygens (including phenoxy) is 2. The van der Waals surface area contributed by atoms with Crippen LogP contribution in [0.1, 0.15) is 37.0 Å². The Morgan fingerprint density at radius 1 is 1.12 bits per heavy atom. The molecular formula is C18H24N2O4S. The number of nitrogens with one attached hydrogen (secondary N) is 1. The molecule has 1 N–H and O–H groups in total. The van der Waals surface area contributed by atoms with E-state index in [9.17, 15) is 9.59 Å². The number of carbonyl (C=O) groups is 2. The molecule has 0 amide bonds. The van der Waals surface area contributed by atoms with Gasteiger partial charge in [0.1, 0.15) is 0 Å². The molecule has 0 spiro atoms. The Hall–Kier alpha value is -2.15. The van der Waals surface area contributed by atoms with Gasteiger partial charge in [0.2, 0.25) is 0 Å². The molecule has 7 heteroatoms. The van der Waals surface area contributed by atoms with E-state index in [-0.39, 0.29) is 17.9 Å². The third kappa shape index (κ3) is 5.42. The van der Waals surface area contributed by atoms with Crippen molar-refractivity contribution in [1.29, 1.82) is 0 Å². The molecule has 0 radical (unpaired) electrons. The molecule has 0 saturated carbocycles. The summed E-state index contributed by atoms with van der Waals surface area (Å²) in [5.41, 5.74) is 1.32. The third-order valence-electron chi connectivity index (χ3n) is 4.05. The molecule has 136 valence electrons. The molecule has 1 saturated heterocycles. The summed E-state index contributed by atoms with van der Waals surface area (Å²) in [6.45, 7) is 5.80. The van der Waals surface area contributed by atoms with E-state index < -0.39 is 0 Å². The number of rotatable bonds is 5. The third-order valence-corrected chi connectivity index (χ3v) is 4.41. The maximum absolute atomic E-state index is 11.8. The second-order valence-electron chi connectivity index (χ2n) is 5.74. The van der Waals surface area contributed by atoms with Gasteiger partial charge >= 0.3 is 11.9 Å². The first kappa shape index (κ1) is 19.2. The lowest BCUT2D eigenvalue weighted by Crippen LogP contribution is -2.42. The van der Waals surface area contributed by atoms with Crippen molar-refractivity contribution in [2.75, 3.05) is 31.6 Å². The van der Waals surface area contributed by atoms with Gasteiger partial charge in [-0.3, -0.25) is 4.79 Å². The first-order valence-corrected chi connectivity index (χ1v) is 8.95. The highest BCUT2D eigenvalue weighted by molar-refractivity contribution is 7.80. The monoisotopic (exact) mass is 364 g/mol. The predicted octanol–water partition coefficient (Wildman–Crippen LogP) is 2.84. The fraction of sp³-hybridized carbons (Fsp3) is 0.500. The molecular weight excluding hydrogens is 340 g/mol. The maximum atomic E-state index is 11.8. The molecule has 6 nitrogen and oxygen atoms in total. The average Bonchev–Trinajstić information content (AvgIpc) is 2.63. The number of esters is 2. The highest BCUT2D eigenvalue weighted by atomic mass is 32.1. The van der Waals surface area contributed by atoms with Gasteiger partial charge in [-0.25, -0.2) is 4.79 Å². The number of benzene rings is 1. The van der Waals surface area contributed by atoms with Crippen LogP contribution in [0, 0.1) is 5.92 Å². The van der Waals surface area contributed by atoms with E-state index in [0.717, 1.165) is 31.6 Å². The second kappa shape index (κ2) is 9.36. The van der Waals surface area contributed by atoms with E-state index in [0.29, 0.717) is 23.9 Å². The van der Waals surface area contributed by atoms with E-state index in [4.69, 9.17) is 21.7 Å². The zero-order valence-corrected chi connectivity index (χ0v) is 15.4. The summed E-state index contributed by atoms with van der Waals surface area (Å²) in [6.07, 6.45) is 1.48. The van der Waals surface area contributed by atoms with Gasteiger partial charge in [-0.05, 0) is 63.2 Å². The number of piperidine rings is 1. The van der Waals surface area contributed by atoms with Crippen molar-refractivity contribution in [3.05, 3.63) is 29.8 Å². The number of nitrogens with zero attached hydrogens (tertiary/aromatic N) is 1. The lowest BCUT2D eigenvalue weighted by atomic mass is 9.97. The van der Waals surface area contributed by atoms with Crippen LogP contribution >= 0.6 is 12.2 Å². The van der Waals surface area contributed by atoms with Crippen molar-refractivity contribution in [1.82, 2.24) is 4.90 Å². The van der Waals surface area contributed by atoms with Crippen molar-refractivity contribution in [2.45, 2.75) is 26.7 Å². The lowest BCUT2D eigenvalue weighted by Gasteiger charge is -2.32. The minimum atomic E-state index is -0.335. The lowest BCUT2D eigenvalue weighted by molar-refractivity contribution is -0.149. The van der Waals surface area contributed by atoms with Crippen LogP contribution in [0.2, 0.25) is 0 Å². The fourth-order valence-electron chi connectivity index (χ4n) is 2.68. The normalized spacial score (nSPS) is 14.7. The summed E-state index contributed by atoms with van der Waals surface area (Å²) < 4.78 is 10.0. The van der Waals surface area contributed by atoms with Gasteiger partial charge in [0.15, 0.2) is 5.11 Å². The van der Waals surface area contributed by atoms with Gasteiger partial charge in [0.25, 0.3) is 0 Å². The highest BCUT2D eigenvalue weighted by Gasteiger charge is 2.27. The maximum Gasteiger partial charge on any atom is 0.338 e. The standard InChI is InChI=1S/C18H24N2O4S/c1-3-23-16(21)13-5-7-15(8-6-13)19-18(25)20-11-9-14(10-12-20)17(22)24-4-2/h5-8,14H,3-4,9-12H2,1-2H3,(H,19,25). The van der Waals surface area contributed by atoms with Gasteiger partial charge in [-0.1, -0.05) is 0 Å². The minimum absolute atomic E-state index is 0.0390. The van der Waals surface area contributed by atoms with E-state index in [1.54, 1.807) is 31.2 Å². The van der Waals surface area contributed by atoms with Crippen molar-refractivity contribution in [3.8, 4) is 0 Å². The van der Waals surface area contributed by atoms with E-state index >= 15 is 0 Å². The number of hydrogen-bond acceptors (Lipinski definition) is 5. The molecule has 1 aliphatic rings. The molecule has 0 unspecified atom stereocenters. The van der Waals surface area contributed by atoms with Crippen LogP contribution in [-0.4, -0.2) is 48.3 Å². The minimum Gasteiger partial charge on any atom is -0.466 e. The predicted molar refractivity (Wildman–Crippen MR) is 99.5 cm³/mol. The molecule has 0 aliphatic carbocycles. The summed E-state index contributed by atoms with van der Waals surface area (Å²) in [5, 5.41) is 3.78. The van der Waals surface area contributed by atoms with E-state index in [1.807, 2.05) is 11.8 Å². The Balaban J connectivity index is 1.84. The van der Waals surface area contributed by atoms with Crippen LogP contribution in [0.25, 0.3) is 0 Å². The Bertz CT molecular complexity index is 610. The molecule has 0 aromatic heterocycles. The molecule has 2 rings (SSSR count). The summed E-state index contributed by atoms with van der Waals surface area (Å²) >= 11 is 5.44. The van der Waals surface area contributed by atoms with Crippen LogP contribution in [0.5, 0.6) is 0 Å². The first-order chi connectivity index (χ1) is 12.0. The number of likely N-dealkylation sites (tertiary alicyclic amines) is 1. The van der Waals surface area contributed by atoms with Crippen molar-refractivity contribution in [2.24, 2.45) is 5.92 Å². The Morgan fingerprint density at radius 2 is 1.72 bits per heavy atom. The Morgan fingerprint density at radius 3 is 2.28 bits per heavy atom. The molecule has 1 aliphatic heterocycles. The highest BCUT2D eigenvalue weighted by Crippen LogP contribution is 2.20. The van der Waals surface area contributed by atoms with E-state index in [2.05, 4.69) is 5.32 Å². The summed E-state index contributed by atoms with van der Waals surface area (Å²) in [5.74, 6) is -0.490. The van der Waals surface area contributed by atoms with Crippen molar-refractivity contribution in [3.63, 3.8) is 0 Å². The van der Waals surface area contributed by atoms with Crippen molar-refractivity contribution >= 4 is 35.0 Å². The number of anilines is 1. The molecule has 0 atom stereocenters. The smallest absolute Gasteiger partial charge is 0.338 e. The van der Waals surface area contributed by atoms with Crippen LogP contribution in [0.4, 0.5) is 5.69 Å². The average molecular weight is 364 g/mol. The molecule has 1 fully saturated rings.